The molecule has 0 aliphatic heterocycles. The SMILES string of the molecule is C=C1CCC(=CC=C2CCC[C@@]3(C)C2CCC3[C@@H](C)CCCC(C)(C)O)C[C@H]1O. The van der Waals surface area contributed by atoms with E-state index in [1.54, 1.807) is 5.57 Å². The van der Waals surface area contributed by atoms with Crippen molar-refractivity contribution in [1.82, 2.24) is 0 Å². The van der Waals surface area contributed by atoms with E-state index in [4.69, 9.17) is 0 Å². The zero-order valence-corrected chi connectivity index (χ0v) is 19.3. The van der Waals surface area contributed by atoms with Gasteiger partial charge >= 0.3 is 0 Å². The smallest absolute Gasteiger partial charge is 0.0784 e. The molecule has 0 radical (unpaired) electrons. The molecule has 2 N–H and O–H groups in total. The van der Waals surface area contributed by atoms with Gasteiger partial charge in [-0.15, -0.1) is 0 Å². The van der Waals surface area contributed by atoms with Crippen LogP contribution in [0.5, 0.6) is 0 Å². The van der Waals surface area contributed by atoms with Crippen molar-refractivity contribution in [2.45, 2.75) is 110 Å². The third kappa shape index (κ3) is 5.44. The largest absolute Gasteiger partial charge is 0.390 e. The Labute approximate surface area is 179 Å². The lowest BCUT2D eigenvalue weighted by atomic mass is 9.60. The molecule has 29 heavy (non-hydrogen) atoms. The van der Waals surface area contributed by atoms with E-state index in [-0.39, 0.29) is 6.10 Å². The first-order valence-electron chi connectivity index (χ1n) is 12.1. The van der Waals surface area contributed by atoms with Gasteiger partial charge in [0, 0.05) is 0 Å². The maximum Gasteiger partial charge on any atom is 0.0784 e. The molecule has 0 spiro atoms. The fraction of sp³-hybridized carbons (Fsp3) is 0.778. The number of fused-ring (bicyclic) bond motifs is 1. The minimum atomic E-state index is -0.533. The Morgan fingerprint density at radius 2 is 1.97 bits per heavy atom. The Bertz CT molecular complexity index is 650. The fourth-order valence-electron chi connectivity index (χ4n) is 6.63. The molecular formula is C27H44O2. The molecule has 0 aromatic rings. The average molecular weight is 401 g/mol. The summed E-state index contributed by atoms with van der Waals surface area (Å²) in [5.74, 6) is 2.29. The molecule has 3 saturated carbocycles. The minimum Gasteiger partial charge on any atom is -0.390 e. The highest BCUT2D eigenvalue weighted by molar-refractivity contribution is 5.28. The van der Waals surface area contributed by atoms with Crippen molar-refractivity contribution in [3.63, 3.8) is 0 Å². The molecule has 2 nitrogen and oxygen atoms in total. The van der Waals surface area contributed by atoms with Gasteiger partial charge < -0.3 is 10.2 Å². The van der Waals surface area contributed by atoms with Crippen molar-refractivity contribution in [2.24, 2.45) is 23.2 Å². The standard InChI is InChI=1S/C27H44O2/c1-19(8-6-16-26(3,4)29)23-14-15-24-22(9-7-17-27(23,24)5)13-12-21-11-10-20(2)25(28)18-21/h12-13,19,23-25,28-29H,2,6-11,14-18H2,1,3-5H3/t19-,23?,24?,25+,27+/m0/s1. The lowest BCUT2D eigenvalue weighted by molar-refractivity contribution is 0.0596. The summed E-state index contributed by atoms with van der Waals surface area (Å²) < 4.78 is 0. The van der Waals surface area contributed by atoms with Crippen LogP contribution in [0.2, 0.25) is 0 Å². The van der Waals surface area contributed by atoms with Gasteiger partial charge in [-0.2, -0.15) is 0 Å². The molecule has 0 saturated heterocycles. The summed E-state index contributed by atoms with van der Waals surface area (Å²) in [7, 11) is 0. The third-order valence-corrected chi connectivity index (χ3v) is 8.40. The molecule has 0 heterocycles. The molecule has 3 aliphatic rings. The first kappa shape index (κ1) is 22.8. The van der Waals surface area contributed by atoms with E-state index in [0.29, 0.717) is 5.41 Å². The summed E-state index contributed by atoms with van der Waals surface area (Å²) in [5.41, 5.74) is 3.96. The lowest BCUT2D eigenvalue weighted by Crippen LogP contribution is -2.36. The fourth-order valence-corrected chi connectivity index (χ4v) is 6.63. The molecule has 2 heteroatoms. The molecule has 2 unspecified atom stereocenters. The Morgan fingerprint density at radius 1 is 1.21 bits per heavy atom. The zero-order chi connectivity index (χ0) is 21.2. The Morgan fingerprint density at radius 3 is 2.66 bits per heavy atom. The van der Waals surface area contributed by atoms with Gasteiger partial charge in [0.2, 0.25) is 0 Å². The second-order valence-corrected chi connectivity index (χ2v) is 11.2. The van der Waals surface area contributed by atoms with Gasteiger partial charge in [-0.1, -0.05) is 56.6 Å². The topological polar surface area (TPSA) is 40.5 Å². The van der Waals surface area contributed by atoms with E-state index in [1.807, 2.05) is 13.8 Å². The van der Waals surface area contributed by atoms with Crippen LogP contribution in [0.15, 0.2) is 35.5 Å². The molecule has 0 bridgehead atoms. The number of hydrogen-bond donors (Lipinski definition) is 2. The van der Waals surface area contributed by atoms with Gasteiger partial charge in [-0.3, -0.25) is 0 Å². The van der Waals surface area contributed by atoms with Gasteiger partial charge in [-0.25, -0.2) is 0 Å². The van der Waals surface area contributed by atoms with Crippen LogP contribution in [0.1, 0.15) is 98.3 Å². The summed E-state index contributed by atoms with van der Waals surface area (Å²) in [6, 6.07) is 0. The lowest BCUT2D eigenvalue weighted by Gasteiger charge is -2.44. The van der Waals surface area contributed by atoms with Gasteiger partial charge in [0.1, 0.15) is 0 Å². The summed E-state index contributed by atoms with van der Waals surface area (Å²) in [6.45, 7) is 12.9. The van der Waals surface area contributed by atoms with Crippen LogP contribution in [0.25, 0.3) is 0 Å². The summed E-state index contributed by atoms with van der Waals surface area (Å²) >= 11 is 0. The predicted molar refractivity (Wildman–Crippen MR) is 123 cm³/mol. The highest BCUT2D eigenvalue weighted by Gasteiger charge is 2.50. The van der Waals surface area contributed by atoms with E-state index >= 15 is 0 Å². The summed E-state index contributed by atoms with van der Waals surface area (Å²) in [4.78, 5) is 0. The van der Waals surface area contributed by atoms with E-state index in [0.717, 1.165) is 55.4 Å². The summed E-state index contributed by atoms with van der Waals surface area (Å²) in [5, 5.41) is 20.1. The van der Waals surface area contributed by atoms with E-state index in [2.05, 4.69) is 32.6 Å². The van der Waals surface area contributed by atoms with E-state index < -0.39 is 5.60 Å². The summed E-state index contributed by atoms with van der Waals surface area (Å²) in [6.07, 6.45) is 17.1. The van der Waals surface area contributed by atoms with Crippen LogP contribution >= 0.6 is 0 Å². The average Bonchev–Trinajstić information content (AvgIpc) is 2.99. The normalized spacial score (nSPS) is 37.2. The molecular weight excluding hydrogens is 356 g/mol. The Hall–Kier alpha value is -0.860. The van der Waals surface area contributed by atoms with Crippen molar-refractivity contribution < 1.29 is 10.2 Å². The molecule has 164 valence electrons. The second kappa shape index (κ2) is 9.10. The van der Waals surface area contributed by atoms with Crippen LogP contribution in [0.3, 0.4) is 0 Å². The van der Waals surface area contributed by atoms with Crippen molar-refractivity contribution in [3.05, 3.63) is 35.5 Å². The predicted octanol–water partition coefficient (Wildman–Crippen LogP) is 6.73. The third-order valence-electron chi connectivity index (χ3n) is 8.40. The Balaban J connectivity index is 1.65. The van der Waals surface area contributed by atoms with Crippen LogP contribution in [-0.2, 0) is 0 Å². The molecule has 0 aromatic heterocycles. The van der Waals surface area contributed by atoms with Crippen LogP contribution in [-0.4, -0.2) is 21.9 Å². The van der Waals surface area contributed by atoms with Gasteiger partial charge in [0.05, 0.1) is 11.7 Å². The number of aliphatic hydroxyl groups is 2. The van der Waals surface area contributed by atoms with Gasteiger partial charge in [0.15, 0.2) is 0 Å². The molecule has 3 rings (SSSR count). The Kier molecular flexibility index (Phi) is 7.16. The van der Waals surface area contributed by atoms with Crippen molar-refractivity contribution in [2.75, 3.05) is 0 Å². The molecule has 0 aromatic carbocycles. The van der Waals surface area contributed by atoms with E-state index in [9.17, 15) is 10.2 Å². The van der Waals surface area contributed by atoms with Gasteiger partial charge in [-0.05, 0) is 100 Å². The molecule has 0 amide bonds. The first-order valence-corrected chi connectivity index (χ1v) is 12.1. The van der Waals surface area contributed by atoms with Crippen molar-refractivity contribution >= 4 is 0 Å². The maximum atomic E-state index is 10.1. The zero-order valence-electron chi connectivity index (χ0n) is 19.3. The van der Waals surface area contributed by atoms with Crippen LogP contribution in [0, 0.1) is 23.2 Å². The molecule has 3 fully saturated rings. The van der Waals surface area contributed by atoms with Crippen LogP contribution in [0.4, 0.5) is 0 Å². The number of rotatable bonds is 6. The highest BCUT2D eigenvalue weighted by atomic mass is 16.3. The molecule has 5 atom stereocenters. The first-order chi connectivity index (χ1) is 13.6. The maximum absolute atomic E-state index is 10.1. The van der Waals surface area contributed by atoms with Crippen LogP contribution < -0.4 is 0 Å². The number of allylic oxidation sites excluding steroid dienone is 3. The minimum absolute atomic E-state index is 0.342. The van der Waals surface area contributed by atoms with E-state index in [1.165, 1.54) is 44.1 Å². The molecule has 3 aliphatic carbocycles. The number of aliphatic hydroxyl groups excluding tert-OH is 1. The quantitative estimate of drug-likeness (QED) is 0.485. The second-order valence-electron chi connectivity index (χ2n) is 11.2. The monoisotopic (exact) mass is 400 g/mol. The van der Waals surface area contributed by atoms with Gasteiger partial charge in [0.25, 0.3) is 0 Å². The van der Waals surface area contributed by atoms with Crippen molar-refractivity contribution in [3.8, 4) is 0 Å². The number of hydrogen-bond acceptors (Lipinski definition) is 2. The van der Waals surface area contributed by atoms with Crippen molar-refractivity contribution in [1.29, 1.82) is 0 Å². The highest BCUT2D eigenvalue weighted by Crippen LogP contribution is 2.59.